The van der Waals surface area contributed by atoms with Crippen molar-refractivity contribution in [2.24, 2.45) is 5.73 Å². The molecule has 6 nitrogen and oxygen atoms in total. The average Bonchev–Trinajstić information content (AvgIpc) is 2.60. The van der Waals surface area contributed by atoms with Gasteiger partial charge in [0.2, 0.25) is 5.91 Å². The topological polar surface area (TPSA) is 86.5 Å². The van der Waals surface area contributed by atoms with Crippen LogP contribution in [0.2, 0.25) is 0 Å². The molecule has 24 heavy (non-hydrogen) atoms. The number of ether oxygens (including phenoxy) is 2. The van der Waals surface area contributed by atoms with E-state index in [-0.39, 0.29) is 11.9 Å². The Balaban J connectivity index is 2.05. The predicted octanol–water partition coefficient (Wildman–Crippen LogP) is 2.20. The summed E-state index contributed by atoms with van der Waals surface area (Å²) in [6, 6.07) is 9.30. The van der Waals surface area contributed by atoms with Crippen LogP contribution in [0.15, 0.2) is 42.7 Å². The zero-order valence-electron chi connectivity index (χ0n) is 14.0. The highest BCUT2D eigenvalue weighted by atomic mass is 16.5. The monoisotopic (exact) mass is 329 g/mol. The normalized spacial score (nSPS) is 11.6. The average molecular weight is 329 g/mol. The van der Waals surface area contributed by atoms with E-state index in [9.17, 15) is 4.79 Å². The van der Waals surface area contributed by atoms with Crippen molar-refractivity contribution >= 4 is 5.91 Å². The summed E-state index contributed by atoms with van der Waals surface area (Å²) in [5, 5.41) is 2.90. The van der Waals surface area contributed by atoms with Crippen molar-refractivity contribution in [3.8, 4) is 11.5 Å². The van der Waals surface area contributed by atoms with Gasteiger partial charge in [0.1, 0.15) is 6.61 Å². The van der Waals surface area contributed by atoms with E-state index in [0.717, 1.165) is 11.1 Å². The Morgan fingerprint density at radius 3 is 2.67 bits per heavy atom. The molecule has 3 N–H and O–H groups in total. The molecule has 1 aromatic carbocycles. The molecular formula is C18H23N3O3. The first kappa shape index (κ1) is 17.7. The minimum atomic E-state index is -0.132. The van der Waals surface area contributed by atoms with Crippen molar-refractivity contribution < 1.29 is 14.3 Å². The molecular weight excluding hydrogens is 306 g/mol. The minimum Gasteiger partial charge on any atom is -0.493 e. The van der Waals surface area contributed by atoms with Gasteiger partial charge in [-0.05, 0) is 42.3 Å². The third-order valence-corrected chi connectivity index (χ3v) is 3.58. The molecule has 2 rings (SSSR count). The quantitative estimate of drug-likeness (QED) is 0.775. The fourth-order valence-electron chi connectivity index (χ4n) is 2.24. The highest BCUT2D eigenvalue weighted by molar-refractivity contribution is 5.76. The lowest BCUT2D eigenvalue weighted by Gasteiger charge is -2.17. The fourth-order valence-corrected chi connectivity index (χ4v) is 2.24. The summed E-state index contributed by atoms with van der Waals surface area (Å²) in [5.74, 6) is 1.21. The molecule has 0 radical (unpaired) electrons. The number of carbonyl (C=O) groups is 1. The van der Waals surface area contributed by atoms with E-state index in [1.54, 1.807) is 19.5 Å². The summed E-state index contributed by atoms with van der Waals surface area (Å²) in [5.41, 5.74) is 7.35. The largest absolute Gasteiger partial charge is 0.493 e. The number of nitrogens with one attached hydrogen (secondary N) is 1. The van der Waals surface area contributed by atoms with E-state index in [4.69, 9.17) is 15.2 Å². The number of pyridine rings is 1. The number of nitrogens with two attached hydrogens (primary N) is 1. The molecule has 6 heteroatoms. The minimum absolute atomic E-state index is 0.0676. The molecule has 1 heterocycles. The predicted molar refractivity (Wildman–Crippen MR) is 91.8 cm³/mol. The number of rotatable bonds is 8. The Labute approximate surface area is 142 Å². The zero-order chi connectivity index (χ0) is 17.4. The molecule has 0 aliphatic carbocycles. The second-order valence-corrected chi connectivity index (χ2v) is 5.38. The van der Waals surface area contributed by atoms with E-state index in [0.29, 0.717) is 31.1 Å². The van der Waals surface area contributed by atoms with Crippen LogP contribution < -0.4 is 20.5 Å². The van der Waals surface area contributed by atoms with Crippen LogP contribution in [-0.4, -0.2) is 24.5 Å². The summed E-state index contributed by atoms with van der Waals surface area (Å²) < 4.78 is 11.2. The standard InChI is InChI=1S/C18H23N3O3/c1-13(21-18(22)5-8-19)15-3-4-16(17(11-15)23-2)24-12-14-6-9-20-10-7-14/h3-4,6-7,9-11,13H,5,8,12,19H2,1-2H3,(H,21,22). The smallest absolute Gasteiger partial charge is 0.221 e. The van der Waals surface area contributed by atoms with E-state index >= 15 is 0 Å². The highest BCUT2D eigenvalue weighted by Crippen LogP contribution is 2.31. The van der Waals surface area contributed by atoms with Gasteiger partial charge in [-0.3, -0.25) is 9.78 Å². The van der Waals surface area contributed by atoms with Crippen molar-refractivity contribution in [1.29, 1.82) is 0 Å². The molecule has 0 bridgehead atoms. The first-order chi connectivity index (χ1) is 11.6. The number of methoxy groups -OCH3 is 1. The maximum absolute atomic E-state index is 11.7. The number of carbonyl (C=O) groups excluding carboxylic acids is 1. The number of hydrogen-bond acceptors (Lipinski definition) is 5. The molecule has 2 aromatic rings. The number of hydrogen-bond donors (Lipinski definition) is 2. The fraction of sp³-hybridized carbons (Fsp3) is 0.333. The van der Waals surface area contributed by atoms with Gasteiger partial charge in [0.05, 0.1) is 13.2 Å². The Bertz CT molecular complexity index is 662. The second-order valence-electron chi connectivity index (χ2n) is 5.38. The van der Waals surface area contributed by atoms with Crippen LogP contribution in [0, 0.1) is 0 Å². The zero-order valence-corrected chi connectivity index (χ0v) is 14.0. The van der Waals surface area contributed by atoms with Gasteiger partial charge < -0.3 is 20.5 Å². The van der Waals surface area contributed by atoms with Crippen molar-refractivity contribution in [2.45, 2.75) is 26.0 Å². The Morgan fingerprint density at radius 1 is 1.25 bits per heavy atom. The summed E-state index contributed by atoms with van der Waals surface area (Å²) >= 11 is 0. The van der Waals surface area contributed by atoms with Crippen LogP contribution in [-0.2, 0) is 11.4 Å². The maximum Gasteiger partial charge on any atom is 0.221 e. The lowest BCUT2D eigenvalue weighted by atomic mass is 10.1. The van der Waals surface area contributed by atoms with E-state index < -0.39 is 0 Å². The third-order valence-electron chi connectivity index (χ3n) is 3.58. The van der Waals surface area contributed by atoms with Crippen LogP contribution in [0.3, 0.4) is 0 Å². The van der Waals surface area contributed by atoms with Gasteiger partial charge in [-0.2, -0.15) is 0 Å². The van der Waals surface area contributed by atoms with Gasteiger partial charge in [0.25, 0.3) is 0 Å². The number of benzene rings is 1. The summed E-state index contributed by atoms with van der Waals surface area (Å²) in [4.78, 5) is 15.6. The number of amides is 1. The number of nitrogens with zero attached hydrogens (tertiary/aromatic N) is 1. The lowest BCUT2D eigenvalue weighted by molar-refractivity contribution is -0.121. The molecule has 0 aliphatic rings. The first-order valence-electron chi connectivity index (χ1n) is 7.83. The molecule has 1 atom stereocenters. The van der Waals surface area contributed by atoms with Crippen molar-refractivity contribution in [2.75, 3.05) is 13.7 Å². The molecule has 0 aliphatic heterocycles. The summed E-state index contributed by atoms with van der Waals surface area (Å²) in [6.45, 7) is 2.69. The van der Waals surface area contributed by atoms with Gasteiger partial charge in [-0.15, -0.1) is 0 Å². The molecule has 128 valence electrons. The van der Waals surface area contributed by atoms with E-state index in [1.807, 2.05) is 37.3 Å². The Morgan fingerprint density at radius 2 is 2.00 bits per heavy atom. The van der Waals surface area contributed by atoms with Crippen molar-refractivity contribution in [3.05, 3.63) is 53.9 Å². The Hall–Kier alpha value is -2.60. The van der Waals surface area contributed by atoms with Crippen LogP contribution in [0.1, 0.15) is 30.5 Å². The molecule has 1 amide bonds. The van der Waals surface area contributed by atoms with Crippen LogP contribution in [0.5, 0.6) is 11.5 Å². The van der Waals surface area contributed by atoms with Gasteiger partial charge in [-0.1, -0.05) is 6.07 Å². The van der Waals surface area contributed by atoms with Crippen molar-refractivity contribution in [3.63, 3.8) is 0 Å². The molecule has 0 fully saturated rings. The van der Waals surface area contributed by atoms with Crippen LogP contribution in [0.25, 0.3) is 0 Å². The second kappa shape index (κ2) is 8.88. The maximum atomic E-state index is 11.7. The molecule has 0 saturated carbocycles. The molecule has 0 spiro atoms. The van der Waals surface area contributed by atoms with E-state index in [2.05, 4.69) is 10.3 Å². The molecule has 1 unspecified atom stereocenters. The van der Waals surface area contributed by atoms with Gasteiger partial charge in [0, 0.05) is 25.4 Å². The first-order valence-corrected chi connectivity index (χ1v) is 7.83. The van der Waals surface area contributed by atoms with Gasteiger partial charge in [0.15, 0.2) is 11.5 Å². The van der Waals surface area contributed by atoms with E-state index in [1.165, 1.54) is 0 Å². The lowest BCUT2D eigenvalue weighted by Crippen LogP contribution is -2.28. The van der Waals surface area contributed by atoms with Crippen LogP contribution >= 0.6 is 0 Å². The Kier molecular flexibility index (Phi) is 6.57. The number of aromatic nitrogens is 1. The molecule has 0 saturated heterocycles. The highest BCUT2D eigenvalue weighted by Gasteiger charge is 2.13. The van der Waals surface area contributed by atoms with Gasteiger partial charge in [-0.25, -0.2) is 0 Å². The summed E-state index contributed by atoms with van der Waals surface area (Å²) in [7, 11) is 1.59. The van der Waals surface area contributed by atoms with Crippen molar-refractivity contribution in [1.82, 2.24) is 10.3 Å². The van der Waals surface area contributed by atoms with Gasteiger partial charge >= 0.3 is 0 Å². The molecule has 1 aromatic heterocycles. The SMILES string of the molecule is COc1cc(C(C)NC(=O)CCN)ccc1OCc1ccncc1. The third kappa shape index (κ3) is 4.96. The van der Waals surface area contributed by atoms with Crippen LogP contribution in [0.4, 0.5) is 0 Å². The summed E-state index contributed by atoms with van der Waals surface area (Å²) in [6.07, 6.45) is 3.77.